The van der Waals surface area contributed by atoms with Gasteiger partial charge in [-0.2, -0.15) is 0 Å². The quantitative estimate of drug-likeness (QED) is 0.909. The molecule has 0 heterocycles. The average Bonchev–Trinajstić information content (AvgIpc) is 2.32. The predicted molar refractivity (Wildman–Crippen MR) is 80.6 cm³/mol. The monoisotopic (exact) mass is 303 g/mol. The van der Waals surface area contributed by atoms with E-state index in [1.54, 1.807) is 0 Å². The Morgan fingerprint density at radius 2 is 1.56 bits per heavy atom. The fourth-order valence-corrected chi connectivity index (χ4v) is 2.63. The Kier molecular flexibility index (Phi) is 4.20. The van der Waals surface area contributed by atoms with Gasteiger partial charge in [0.1, 0.15) is 0 Å². The second kappa shape index (κ2) is 5.68. The SMILES string of the molecule is CC(N)(Cc1ccccc1)Cc1ccccc1Br. The van der Waals surface area contributed by atoms with E-state index >= 15 is 0 Å². The van der Waals surface area contributed by atoms with Gasteiger partial charge in [0.25, 0.3) is 0 Å². The zero-order chi connectivity index (χ0) is 13.0. The van der Waals surface area contributed by atoms with Gasteiger partial charge in [0.15, 0.2) is 0 Å². The van der Waals surface area contributed by atoms with Crippen LogP contribution in [0.4, 0.5) is 0 Å². The van der Waals surface area contributed by atoms with E-state index in [-0.39, 0.29) is 5.54 Å². The molecule has 2 heteroatoms. The third kappa shape index (κ3) is 3.69. The fourth-order valence-electron chi connectivity index (χ4n) is 2.20. The lowest BCUT2D eigenvalue weighted by Gasteiger charge is -2.25. The molecule has 2 aromatic rings. The van der Waals surface area contributed by atoms with E-state index < -0.39 is 0 Å². The molecule has 0 aliphatic carbocycles. The summed E-state index contributed by atoms with van der Waals surface area (Å²) in [5.41, 5.74) is 8.75. The number of benzene rings is 2. The molecule has 0 amide bonds. The van der Waals surface area contributed by atoms with E-state index in [1.165, 1.54) is 11.1 Å². The molecule has 1 unspecified atom stereocenters. The molecular formula is C16H18BrN. The maximum absolute atomic E-state index is 6.43. The first-order valence-corrected chi connectivity index (χ1v) is 6.92. The highest BCUT2D eigenvalue weighted by Crippen LogP contribution is 2.22. The molecule has 18 heavy (non-hydrogen) atoms. The van der Waals surface area contributed by atoms with Crippen LogP contribution >= 0.6 is 15.9 Å². The summed E-state index contributed by atoms with van der Waals surface area (Å²) in [7, 11) is 0. The van der Waals surface area contributed by atoms with Crippen LogP contribution in [0.3, 0.4) is 0 Å². The topological polar surface area (TPSA) is 26.0 Å². The molecule has 0 aromatic heterocycles. The van der Waals surface area contributed by atoms with Gasteiger partial charge in [0, 0.05) is 10.0 Å². The first-order chi connectivity index (χ1) is 8.57. The Labute approximate surface area is 117 Å². The van der Waals surface area contributed by atoms with Crippen molar-refractivity contribution in [2.45, 2.75) is 25.3 Å². The summed E-state index contributed by atoms with van der Waals surface area (Å²) in [6, 6.07) is 18.7. The van der Waals surface area contributed by atoms with Crippen LogP contribution in [-0.2, 0) is 12.8 Å². The minimum Gasteiger partial charge on any atom is -0.325 e. The van der Waals surface area contributed by atoms with E-state index in [0.29, 0.717) is 0 Å². The fraction of sp³-hybridized carbons (Fsp3) is 0.250. The highest BCUT2D eigenvalue weighted by Gasteiger charge is 2.20. The van der Waals surface area contributed by atoms with Gasteiger partial charge in [-0.3, -0.25) is 0 Å². The summed E-state index contributed by atoms with van der Waals surface area (Å²) in [4.78, 5) is 0. The summed E-state index contributed by atoms with van der Waals surface area (Å²) >= 11 is 3.58. The molecule has 94 valence electrons. The lowest BCUT2D eigenvalue weighted by atomic mass is 9.87. The van der Waals surface area contributed by atoms with Crippen LogP contribution in [0, 0.1) is 0 Å². The largest absolute Gasteiger partial charge is 0.325 e. The molecule has 2 rings (SSSR count). The molecular weight excluding hydrogens is 286 g/mol. The van der Waals surface area contributed by atoms with E-state index in [1.807, 2.05) is 12.1 Å². The Morgan fingerprint density at radius 3 is 2.22 bits per heavy atom. The smallest absolute Gasteiger partial charge is 0.0207 e. The van der Waals surface area contributed by atoms with Crippen LogP contribution in [0.25, 0.3) is 0 Å². The van der Waals surface area contributed by atoms with Crippen molar-refractivity contribution in [1.29, 1.82) is 0 Å². The standard InChI is InChI=1S/C16H18BrN/c1-16(18,11-13-7-3-2-4-8-13)12-14-9-5-6-10-15(14)17/h2-10H,11-12,18H2,1H3. The van der Waals surface area contributed by atoms with Gasteiger partial charge >= 0.3 is 0 Å². The predicted octanol–water partition coefficient (Wildman–Crippen LogP) is 3.95. The molecule has 0 aliphatic rings. The summed E-state index contributed by atoms with van der Waals surface area (Å²) in [6.07, 6.45) is 1.75. The minimum absolute atomic E-state index is 0.231. The normalized spacial score (nSPS) is 14.2. The zero-order valence-electron chi connectivity index (χ0n) is 10.6. The lowest BCUT2D eigenvalue weighted by Crippen LogP contribution is -2.41. The van der Waals surface area contributed by atoms with Crippen molar-refractivity contribution in [1.82, 2.24) is 0 Å². The highest BCUT2D eigenvalue weighted by atomic mass is 79.9. The first-order valence-electron chi connectivity index (χ1n) is 6.13. The van der Waals surface area contributed by atoms with Crippen molar-refractivity contribution in [3.63, 3.8) is 0 Å². The van der Waals surface area contributed by atoms with Crippen LogP contribution < -0.4 is 5.73 Å². The van der Waals surface area contributed by atoms with Gasteiger partial charge in [0.05, 0.1) is 0 Å². The zero-order valence-corrected chi connectivity index (χ0v) is 12.2. The maximum Gasteiger partial charge on any atom is 0.0207 e. The Morgan fingerprint density at radius 1 is 0.944 bits per heavy atom. The Hall–Kier alpha value is -1.12. The van der Waals surface area contributed by atoms with Gasteiger partial charge in [-0.05, 0) is 37.0 Å². The number of nitrogens with two attached hydrogens (primary N) is 1. The highest BCUT2D eigenvalue weighted by molar-refractivity contribution is 9.10. The molecule has 0 bridgehead atoms. The summed E-state index contributed by atoms with van der Waals surface area (Å²) in [5.74, 6) is 0. The minimum atomic E-state index is -0.231. The summed E-state index contributed by atoms with van der Waals surface area (Å²) in [6.45, 7) is 2.11. The van der Waals surface area contributed by atoms with Gasteiger partial charge in [-0.15, -0.1) is 0 Å². The molecule has 1 atom stereocenters. The van der Waals surface area contributed by atoms with Crippen LogP contribution in [0.15, 0.2) is 59.1 Å². The van der Waals surface area contributed by atoms with Crippen LogP contribution in [0.2, 0.25) is 0 Å². The number of halogens is 1. The average molecular weight is 304 g/mol. The van der Waals surface area contributed by atoms with Crippen molar-refractivity contribution in [3.05, 3.63) is 70.2 Å². The molecule has 0 aliphatic heterocycles. The van der Waals surface area contributed by atoms with E-state index in [0.717, 1.165) is 17.3 Å². The molecule has 1 nitrogen and oxygen atoms in total. The van der Waals surface area contributed by atoms with Crippen LogP contribution in [-0.4, -0.2) is 5.54 Å². The number of hydrogen-bond acceptors (Lipinski definition) is 1. The van der Waals surface area contributed by atoms with Gasteiger partial charge in [0.2, 0.25) is 0 Å². The summed E-state index contributed by atoms with van der Waals surface area (Å²) < 4.78 is 1.13. The molecule has 0 saturated carbocycles. The van der Waals surface area contributed by atoms with Crippen molar-refractivity contribution in [3.8, 4) is 0 Å². The van der Waals surface area contributed by atoms with Gasteiger partial charge in [-0.25, -0.2) is 0 Å². The summed E-state index contributed by atoms with van der Waals surface area (Å²) in [5, 5.41) is 0. The molecule has 0 saturated heterocycles. The molecule has 0 radical (unpaired) electrons. The van der Waals surface area contributed by atoms with Crippen molar-refractivity contribution in [2.24, 2.45) is 5.73 Å². The van der Waals surface area contributed by atoms with Crippen molar-refractivity contribution < 1.29 is 0 Å². The van der Waals surface area contributed by atoms with Gasteiger partial charge < -0.3 is 5.73 Å². The first kappa shape index (κ1) is 13.3. The van der Waals surface area contributed by atoms with Crippen LogP contribution in [0.1, 0.15) is 18.1 Å². The maximum atomic E-state index is 6.43. The third-order valence-electron chi connectivity index (χ3n) is 3.00. The van der Waals surface area contributed by atoms with E-state index in [4.69, 9.17) is 5.73 Å². The number of rotatable bonds is 4. The van der Waals surface area contributed by atoms with Crippen molar-refractivity contribution in [2.75, 3.05) is 0 Å². The van der Waals surface area contributed by atoms with Crippen molar-refractivity contribution >= 4 is 15.9 Å². The number of hydrogen-bond donors (Lipinski definition) is 1. The van der Waals surface area contributed by atoms with E-state index in [9.17, 15) is 0 Å². The second-order valence-corrected chi connectivity index (χ2v) is 5.94. The van der Waals surface area contributed by atoms with E-state index in [2.05, 4.69) is 65.3 Å². The van der Waals surface area contributed by atoms with Crippen LogP contribution in [0.5, 0.6) is 0 Å². The second-order valence-electron chi connectivity index (χ2n) is 5.08. The molecule has 2 N–H and O–H groups in total. The lowest BCUT2D eigenvalue weighted by molar-refractivity contribution is 0.462. The molecule has 0 spiro atoms. The molecule has 2 aromatic carbocycles. The van der Waals surface area contributed by atoms with Gasteiger partial charge in [-0.1, -0.05) is 64.5 Å². The Bertz CT molecular complexity index is 506. The molecule has 0 fully saturated rings. The third-order valence-corrected chi connectivity index (χ3v) is 3.78. The Balaban J connectivity index is 2.10.